The molecule has 0 aliphatic rings. The largest absolute Gasteiger partial charge is 0.352 e. The van der Waals surface area contributed by atoms with Crippen LogP contribution in [-0.2, 0) is 19.6 Å². The monoisotopic (exact) mass is 365 g/mol. The van der Waals surface area contributed by atoms with Crippen molar-refractivity contribution in [2.24, 2.45) is 4.99 Å². The molecule has 0 spiro atoms. The minimum absolute atomic E-state index is 0.183. The number of benzene rings is 2. The number of hydrogen-bond acceptors (Lipinski definition) is 2. The highest BCUT2D eigenvalue weighted by Gasteiger charge is 2.03. The van der Waals surface area contributed by atoms with Crippen molar-refractivity contribution in [3.05, 3.63) is 89.3 Å². The molecule has 0 aliphatic carbocycles. The van der Waals surface area contributed by atoms with Gasteiger partial charge in [-0.3, -0.25) is 4.99 Å². The third kappa shape index (κ3) is 5.41. The van der Waals surface area contributed by atoms with Gasteiger partial charge in [-0.1, -0.05) is 36.4 Å². The van der Waals surface area contributed by atoms with E-state index in [9.17, 15) is 4.39 Å². The van der Waals surface area contributed by atoms with Crippen LogP contribution in [0.3, 0.4) is 0 Å². The van der Waals surface area contributed by atoms with Crippen LogP contribution < -0.4 is 10.6 Å². The maximum absolute atomic E-state index is 13.4. The fourth-order valence-corrected chi connectivity index (χ4v) is 2.84. The molecule has 0 radical (unpaired) electrons. The van der Waals surface area contributed by atoms with Crippen LogP contribution >= 0.6 is 0 Å². The Bertz CT molecular complexity index is 903. The summed E-state index contributed by atoms with van der Waals surface area (Å²) in [4.78, 5) is 8.32. The lowest BCUT2D eigenvalue weighted by Crippen LogP contribution is -2.36. The predicted octanol–water partition coefficient (Wildman–Crippen LogP) is 3.24. The molecule has 3 rings (SSSR count). The van der Waals surface area contributed by atoms with Crippen molar-refractivity contribution in [1.29, 1.82) is 0 Å². The first-order valence-corrected chi connectivity index (χ1v) is 8.87. The second-order valence-corrected chi connectivity index (χ2v) is 6.42. The zero-order valence-corrected chi connectivity index (χ0v) is 15.6. The Morgan fingerprint density at radius 2 is 1.81 bits per heavy atom. The molecule has 1 heterocycles. The van der Waals surface area contributed by atoms with E-state index in [0.717, 1.165) is 12.1 Å². The van der Waals surface area contributed by atoms with E-state index in [1.165, 1.54) is 17.2 Å². The van der Waals surface area contributed by atoms with E-state index in [0.29, 0.717) is 24.6 Å². The van der Waals surface area contributed by atoms with Gasteiger partial charge in [0.25, 0.3) is 0 Å². The van der Waals surface area contributed by atoms with E-state index in [2.05, 4.69) is 44.9 Å². The molecule has 0 saturated carbocycles. The summed E-state index contributed by atoms with van der Waals surface area (Å²) in [5.41, 5.74) is 4.05. The van der Waals surface area contributed by atoms with Gasteiger partial charge in [-0.2, -0.15) is 0 Å². The first-order chi connectivity index (χ1) is 13.1. The van der Waals surface area contributed by atoms with Crippen LogP contribution in [0.5, 0.6) is 0 Å². The van der Waals surface area contributed by atoms with Crippen molar-refractivity contribution in [2.75, 3.05) is 7.05 Å². The van der Waals surface area contributed by atoms with Crippen LogP contribution in [0.25, 0.3) is 0 Å². The molecule has 0 amide bonds. The Morgan fingerprint density at radius 3 is 2.48 bits per heavy atom. The average molecular weight is 365 g/mol. The van der Waals surface area contributed by atoms with Gasteiger partial charge in [0.05, 0.1) is 6.33 Å². The van der Waals surface area contributed by atoms with Gasteiger partial charge in [0, 0.05) is 39.1 Å². The van der Waals surface area contributed by atoms with Crippen LogP contribution in [0.15, 0.2) is 66.2 Å². The summed E-state index contributed by atoms with van der Waals surface area (Å²) in [6.07, 6.45) is 5.55. The van der Waals surface area contributed by atoms with Gasteiger partial charge in [-0.15, -0.1) is 0 Å². The number of aryl methyl sites for hydroxylation is 1. The lowest BCUT2D eigenvalue weighted by Gasteiger charge is -2.13. The number of imidazole rings is 1. The minimum atomic E-state index is -0.183. The third-order valence-corrected chi connectivity index (χ3v) is 4.28. The molecule has 1 aromatic heterocycles. The number of rotatable bonds is 6. The molecule has 3 aromatic rings. The molecular formula is C21H24FN5. The van der Waals surface area contributed by atoms with Crippen molar-refractivity contribution < 1.29 is 4.39 Å². The van der Waals surface area contributed by atoms with Gasteiger partial charge in [0.1, 0.15) is 5.82 Å². The van der Waals surface area contributed by atoms with Crippen LogP contribution in [-0.4, -0.2) is 22.6 Å². The molecule has 0 bridgehead atoms. The Kier molecular flexibility index (Phi) is 6.20. The van der Waals surface area contributed by atoms with Crippen molar-refractivity contribution in [1.82, 2.24) is 20.2 Å². The molecule has 2 aromatic carbocycles. The number of hydrogen-bond donors (Lipinski definition) is 2. The van der Waals surface area contributed by atoms with Crippen molar-refractivity contribution in [3.63, 3.8) is 0 Å². The van der Waals surface area contributed by atoms with E-state index in [1.807, 2.05) is 23.2 Å². The van der Waals surface area contributed by atoms with E-state index in [-0.39, 0.29) is 5.82 Å². The van der Waals surface area contributed by atoms with Gasteiger partial charge in [-0.05, 0) is 35.2 Å². The summed E-state index contributed by atoms with van der Waals surface area (Å²) in [6, 6.07) is 13.5. The van der Waals surface area contributed by atoms with Gasteiger partial charge >= 0.3 is 0 Å². The first-order valence-electron chi connectivity index (χ1n) is 8.87. The Labute approximate surface area is 159 Å². The predicted molar refractivity (Wildman–Crippen MR) is 106 cm³/mol. The summed E-state index contributed by atoms with van der Waals surface area (Å²) in [6.45, 7) is 3.81. The lowest BCUT2D eigenvalue weighted by molar-refractivity contribution is 0.617. The highest BCUT2D eigenvalue weighted by atomic mass is 19.1. The van der Waals surface area contributed by atoms with E-state index >= 15 is 0 Å². The van der Waals surface area contributed by atoms with Gasteiger partial charge in [-0.25, -0.2) is 9.37 Å². The molecule has 0 saturated heterocycles. The maximum Gasteiger partial charge on any atom is 0.191 e. The molecular weight excluding hydrogens is 341 g/mol. The first kappa shape index (κ1) is 18.6. The minimum Gasteiger partial charge on any atom is -0.352 e. The molecule has 27 heavy (non-hydrogen) atoms. The second kappa shape index (κ2) is 8.98. The summed E-state index contributed by atoms with van der Waals surface area (Å²) >= 11 is 0. The Balaban J connectivity index is 1.53. The van der Waals surface area contributed by atoms with Crippen LogP contribution in [0.2, 0.25) is 0 Å². The summed E-state index contributed by atoms with van der Waals surface area (Å²) < 4.78 is 15.4. The molecule has 0 unspecified atom stereocenters. The maximum atomic E-state index is 13.4. The van der Waals surface area contributed by atoms with Crippen LogP contribution in [0, 0.1) is 12.7 Å². The normalized spacial score (nSPS) is 11.4. The van der Waals surface area contributed by atoms with Gasteiger partial charge in [0.15, 0.2) is 5.96 Å². The standard InChI is InChI=1S/C21H24FN5/c1-16-10-18(6-7-20(16)22)13-26-21(23-2)25-12-17-4-3-5-19(11-17)14-27-9-8-24-15-27/h3-11,15H,12-14H2,1-2H3,(H2,23,25,26). The number of halogens is 1. The smallest absolute Gasteiger partial charge is 0.191 e. The molecule has 2 N–H and O–H groups in total. The van der Waals surface area contributed by atoms with Crippen LogP contribution in [0.4, 0.5) is 4.39 Å². The van der Waals surface area contributed by atoms with Gasteiger partial charge < -0.3 is 15.2 Å². The summed E-state index contributed by atoms with van der Waals surface area (Å²) in [7, 11) is 1.74. The highest BCUT2D eigenvalue weighted by molar-refractivity contribution is 5.79. The number of nitrogens with zero attached hydrogens (tertiary/aromatic N) is 3. The lowest BCUT2D eigenvalue weighted by atomic mass is 10.1. The Morgan fingerprint density at radius 1 is 1.07 bits per heavy atom. The summed E-state index contributed by atoms with van der Waals surface area (Å²) in [5, 5.41) is 6.57. The quantitative estimate of drug-likeness (QED) is 0.521. The molecule has 6 heteroatoms. The second-order valence-electron chi connectivity index (χ2n) is 6.42. The highest BCUT2D eigenvalue weighted by Crippen LogP contribution is 2.09. The molecule has 0 aliphatic heterocycles. The summed E-state index contributed by atoms with van der Waals surface area (Å²) in [5.74, 6) is 0.522. The SMILES string of the molecule is CN=C(NCc1cccc(Cn2ccnc2)c1)NCc1ccc(F)c(C)c1. The van der Waals surface area contributed by atoms with E-state index in [1.54, 1.807) is 26.2 Å². The zero-order valence-electron chi connectivity index (χ0n) is 15.6. The molecule has 0 fully saturated rings. The number of guanidine groups is 1. The zero-order chi connectivity index (χ0) is 19.1. The van der Waals surface area contributed by atoms with Crippen molar-refractivity contribution >= 4 is 5.96 Å². The van der Waals surface area contributed by atoms with E-state index in [4.69, 9.17) is 0 Å². The van der Waals surface area contributed by atoms with Gasteiger partial charge in [0.2, 0.25) is 0 Å². The third-order valence-electron chi connectivity index (χ3n) is 4.28. The average Bonchev–Trinajstić information content (AvgIpc) is 3.18. The van der Waals surface area contributed by atoms with Crippen molar-refractivity contribution in [3.8, 4) is 0 Å². The number of nitrogens with one attached hydrogen (secondary N) is 2. The molecule has 0 atom stereocenters. The van der Waals surface area contributed by atoms with E-state index < -0.39 is 0 Å². The topological polar surface area (TPSA) is 54.2 Å². The van der Waals surface area contributed by atoms with Crippen molar-refractivity contribution in [2.45, 2.75) is 26.6 Å². The Hall–Kier alpha value is -3.15. The fraction of sp³-hybridized carbons (Fsp3) is 0.238. The number of aromatic nitrogens is 2. The molecule has 5 nitrogen and oxygen atoms in total. The fourth-order valence-electron chi connectivity index (χ4n) is 2.84. The number of aliphatic imine (C=N–C) groups is 1. The molecule has 140 valence electrons. The van der Waals surface area contributed by atoms with Crippen LogP contribution in [0.1, 0.15) is 22.3 Å².